The van der Waals surface area contributed by atoms with E-state index in [0.29, 0.717) is 0 Å². The first-order chi connectivity index (χ1) is 6.94. The molecule has 1 aromatic rings. The fourth-order valence-electron chi connectivity index (χ4n) is 0.875. The van der Waals surface area contributed by atoms with Gasteiger partial charge in [0.05, 0.1) is 0 Å². The van der Waals surface area contributed by atoms with Crippen LogP contribution < -0.4 is 0 Å². The smallest absolute Gasteiger partial charge is 0.428 e. The summed E-state index contributed by atoms with van der Waals surface area (Å²) in [7, 11) is 0. The molecule has 1 rings (SSSR count). The fraction of sp³-hybridized carbons (Fsp3) is 0.250. The van der Waals surface area contributed by atoms with Crippen molar-refractivity contribution in [2.24, 2.45) is 0 Å². The summed E-state index contributed by atoms with van der Waals surface area (Å²) in [6, 6.07) is 3.96. The second kappa shape index (κ2) is 4.87. The van der Waals surface area contributed by atoms with Gasteiger partial charge in [-0.3, -0.25) is 4.98 Å². The highest BCUT2D eigenvalue weighted by Gasteiger charge is 2.44. The normalized spacial score (nSPS) is 10.9. The Kier molecular flexibility index (Phi) is 4.00. The predicted octanol–water partition coefficient (Wildman–Crippen LogP) is 2.27. The van der Waals surface area contributed by atoms with Crippen molar-refractivity contribution < 1.29 is 18.2 Å². The number of rotatable bonds is 3. The van der Waals surface area contributed by atoms with E-state index in [1.807, 2.05) is 0 Å². The second-order valence-corrected chi connectivity index (χ2v) is 4.49. The van der Waals surface area contributed by atoms with Gasteiger partial charge in [-0.05, 0) is 19.0 Å². The number of halogens is 3. The van der Waals surface area contributed by atoms with E-state index >= 15 is 0 Å². The summed E-state index contributed by atoms with van der Waals surface area (Å²) in [4.78, 5) is 14.5. The number of hydrogen-bond donors (Lipinski definition) is 0. The lowest BCUT2D eigenvalue weighted by Crippen LogP contribution is -2.31. The first kappa shape index (κ1) is 12.3. The maximum atomic E-state index is 13.4. The molecular weight excluding hydrogens is 318 g/mol. The zero-order valence-electron chi connectivity index (χ0n) is 7.78. The molecule has 0 unspecified atom stereocenters. The minimum Gasteiger partial charge on any atom is -0.521 e. The van der Waals surface area contributed by atoms with Crippen LogP contribution in [0.15, 0.2) is 24.4 Å². The fourth-order valence-corrected chi connectivity index (χ4v) is 1.11. The lowest BCUT2D eigenvalue weighted by Gasteiger charge is -2.14. The van der Waals surface area contributed by atoms with Crippen molar-refractivity contribution in [2.45, 2.75) is 12.7 Å². The number of carbonyl (C=O) groups excluding carboxylic acids is 1. The SMILES string of the molecule is CB(I)OC(=O)C(F)(F)c1ccccn1. The average molecular weight is 325 g/mol. The molecule has 1 aromatic heterocycles. The molecule has 0 bridgehead atoms. The van der Waals surface area contributed by atoms with Gasteiger partial charge in [0.15, 0.2) is 0 Å². The molecule has 80 valence electrons. The predicted molar refractivity (Wildman–Crippen MR) is 59.9 cm³/mol. The lowest BCUT2D eigenvalue weighted by molar-refractivity contribution is -0.163. The summed E-state index contributed by atoms with van der Waals surface area (Å²) >= 11 is 1.72. The van der Waals surface area contributed by atoms with Gasteiger partial charge in [0, 0.05) is 6.20 Å². The first-order valence-corrected chi connectivity index (χ1v) is 5.33. The van der Waals surface area contributed by atoms with Crippen LogP contribution in [0.2, 0.25) is 6.82 Å². The van der Waals surface area contributed by atoms with Gasteiger partial charge in [0.2, 0.25) is 0 Å². The third-order valence-electron chi connectivity index (χ3n) is 1.51. The molecule has 0 aliphatic heterocycles. The summed E-state index contributed by atoms with van der Waals surface area (Å²) in [5.74, 6) is -5.27. The van der Waals surface area contributed by atoms with Crippen LogP contribution in [0.5, 0.6) is 0 Å². The standard InChI is InChI=1S/C8H7BF2INO2/c1-9(12)15-7(14)8(10,11)6-4-2-3-5-13-6/h2-5H,1H3. The third-order valence-corrected chi connectivity index (χ3v) is 1.77. The zero-order chi connectivity index (χ0) is 11.5. The third kappa shape index (κ3) is 3.12. The maximum Gasteiger partial charge on any atom is 0.428 e. The number of alkyl halides is 2. The Morgan fingerprint density at radius 3 is 2.73 bits per heavy atom. The van der Waals surface area contributed by atoms with Crippen molar-refractivity contribution in [1.29, 1.82) is 0 Å². The quantitative estimate of drug-likeness (QED) is 0.632. The van der Waals surface area contributed by atoms with Crippen LogP contribution in [0.1, 0.15) is 5.69 Å². The summed E-state index contributed by atoms with van der Waals surface area (Å²) in [6.45, 7) is 1.49. The Morgan fingerprint density at radius 2 is 2.27 bits per heavy atom. The van der Waals surface area contributed by atoms with E-state index in [1.54, 1.807) is 22.4 Å². The van der Waals surface area contributed by atoms with Crippen molar-refractivity contribution >= 4 is 33.1 Å². The molecular formula is C8H7BF2INO2. The summed E-state index contributed by atoms with van der Waals surface area (Å²) in [6.07, 6.45) is 1.20. The maximum absolute atomic E-state index is 13.4. The molecule has 0 fully saturated rings. The van der Waals surface area contributed by atoms with Gasteiger partial charge in [0.25, 0.3) is 0 Å². The molecule has 0 N–H and O–H groups in total. The lowest BCUT2D eigenvalue weighted by atomic mass is 10.1. The van der Waals surface area contributed by atoms with Crippen LogP contribution in [0.4, 0.5) is 8.78 Å². The van der Waals surface area contributed by atoms with E-state index in [9.17, 15) is 13.6 Å². The summed E-state index contributed by atoms with van der Waals surface area (Å²) in [5, 5.41) is 0. The van der Waals surface area contributed by atoms with E-state index in [0.717, 1.165) is 6.07 Å². The molecule has 0 saturated heterocycles. The van der Waals surface area contributed by atoms with E-state index in [1.165, 1.54) is 25.2 Å². The highest BCUT2D eigenvalue weighted by molar-refractivity contribution is 14.1. The second-order valence-electron chi connectivity index (χ2n) is 2.74. The molecule has 0 aromatic carbocycles. The topological polar surface area (TPSA) is 39.2 Å². The molecule has 3 nitrogen and oxygen atoms in total. The molecule has 0 atom stereocenters. The van der Waals surface area contributed by atoms with Crippen molar-refractivity contribution in [3.63, 3.8) is 0 Å². The van der Waals surface area contributed by atoms with Gasteiger partial charge < -0.3 is 4.65 Å². The Labute approximate surface area is 99.2 Å². The molecule has 0 radical (unpaired) electrons. The van der Waals surface area contributed by atoms with E-state index < -0.39 is 22.4 Å². The van der Waals surface area contributed by atoms with Crippen LogP contribution in [-0.4, -0.2) is 15.7 Å². The molecule has 15 heavy (non-hydrogen) atoms. The van der Waals surface area contributed by atoms with Crippen molar-refractivity contribution in [3.05, 3.63) is 30.1 Å². The highest BCUT2D eigenvalue weighted by atomic mass is 127. The number of pyridine rings is 1. The first-order valence-electron chi connectivity index (χ1n) is 4.09. The van der Waals surface area contributed by atoms with Crippen molar-refractivity contribution in [2.75, 3.05) is 0 Å². The van der Waals surface area contributed by atoms with Gasteiger partial charge in [-0.25, -0.2) is 4.79 Å². The number of hydrogen-bond acceptors (Lipinski definition) is 3. The number of carbonyl (C=O) groups is 1. The molecule has 0 saturated carbocycles. The summed E-state index contributed by atoms with van der Waals surface area (Å²) < 4.78 is 30.6. The largest absolute Gasteiger partial charge is 0.521 e. The molecule has 0 aliphatic rings. The van der Waals surface area contributed by atoms with Crippen LogP contribution in [0.3, 0.4) is 0 Å². The van der Waals surface area contributed by atoms with Crippen LogP contribution in [0.25, 0.3) is 0 Å². The van der Waals surface area contributed by atoms with Gasteiger partial charge >= 0.3 is 16.7 Å². The van der Waals surface area contributed by atoms with E-state index in [2.05, 4.69) is 9.64 Å². The Hall–Kier alpha value is -0.725. The molecule has 7 heteroatoms. The van der Waals surface area contributed by atoms with E-state index in [4.69, 9.17) is 0 Å². The average Bonchev–Trinajstić information content (AvgIpc) is 2.18. The van der Waals surface area contributed by atoms with Gasteiger partial charge in [-0.1, -0.05) is 28.4 Å². The Balaban J connectivity index is 2.88. The molecule has 0 amide bonds. The van der Waals surface area contributed by atoms with Crippen LogP contribution >= 0.6 is 22.4 Å². The molecule has 1 heterocycles. The van der Waals surface area contributed by atoms with E-state index in [-0.39, 0.29) is 0 Å². The van der Waals surface area contributed by atoms with Crippen LogP contribution in [0, 0.1) is 0 Å². The number of aromatic nitrogens is 1. The van der Waals surface area contributed by atoms with Crippen molar-refractivity contribution in [1.82, 2.24) is 4.98 Å². The van der Waals surface area contributed by atoms with Crippen molar-refractivity contribution in [3.8, 4) is 0 Å². The minimum absolute atomic E-state index is 0.605. The Morgan fingerprint density at radius 1 is 1.60 bits per heavy atom. The Bertz CT molecular complexity index is 348. The van der Waals surface area contributed by atoms with Crippen LogP contribution in [-0.2, 0) is 15.4 Å². The monoisotopic (exact) mass is 325 g/mol. The summed E-state index contributed by atoms with van der Waals surface area (Å²) in [5.41, 5.74) is -0.605. The van der Waals surface area contributed by atoms with Gasteiger partial charge in [0.1, 0.15) is 5.69 Å². The van der Waals surface area contributed by atoms with Gasteiger partial charge in [-0.15, -0.1) is 0 Å². The minimum atomic E-state index is -3.69. The zero-order valence-corrected chi connectivity index (χ0v) is 9.94. The molecule has 0 spiro atoms. The molecule has 0 aliphatic carbocycles. The highest BCUT2D eigenvalue weighted by Crippen LogP contribution is 2.28. The number of nitrogens with zero attached hydrogens (tertiary/aromatic N) is 1. The van der Waals surface area contributed by atoms with Gasteiger partial charge in [-0.2, -0.15) is 8.78 Å².